The second kappa shape index (κ2) is 7.58. The predicted molar refractivity (Wildman–Crippen MR) is 97.3 cm³/mol. The maximum atomic E-state index is 12.3. The van der Waals surface area contributed by atoms with E-state index in [9.17, 15) is 18.0 Å². The molecule has 2 aliphatic rings. The van der Waals surface area contributed by atoms with Gasteiger partial charge >= 0.3 is 6.18 Å². The molecule has 1 spiro atoms. The van der Waals surface area contributed by atoms with E-state index in [0.717, 1.165) is 17.0 Å². The van der Waals surface area contributed by atoms with Gasteiger partial charge in [0.05, 0.1) is 24.6 Å². The number of halogens is 3. The number of pyridine rings is 1. The van der Waals surface area contributed by atoms with Crippen molar-refractivity contribution < 1.29 is 27.4 Å². The highest BCUT2D eigenvalue weighted by molar-refractivity contribution is 5.81. The van der Waals surface area contributed by atoms with Crippen LogP contribution < -0.4 is 5.32 Å². The van der Waals surface area contributed by atoms with Gasteiger partial charge < -0.3 is 19.2 Å². The van der Waals surface area contributed by atoms with Gasteiger partial charge in [0, 0.05) is 32.3 Å². The molecular weight excluding hydrogens is 389 g/mol. The van der Waals surface area contributed by atoms with Gasteiger partial charge in [-0.3, -0.25) is 9.69 Å². The summed E-state index contributed by atoms with van der Waals surface area (Å²) in [6.07, 6.45) is -3.18. The first-order valence-electron chi connectivity index (χ1n) is 9.50. The van der Waals surface area contributed by atoms with Crippen LogP contribution in [0.4, 0.5) is 13.2 Å². The summed E-state index contributed by atoms with van der Waals surface area (Å²) in [5.41, 5.74) is 2.22. The van der Waals surface area contributed by atoms with Gasteiger partial charge in [0.15, 0.2) is 0 Å². The molecule has 1 N–H and O–H groups in total. The van der Waals surface area contributed by atoms with Crippen LogP contribution in [0.25, 0.3) is 5.65 Å². The van der Waals surface area contributed by atoms with Crippen LogP contribution in [0.3, 0.4) is 0 Å². The van der Waals surface area contributed by atoms with Gasteiger partial charge in [-0.15, -0.1) is 0 Å². The lowest BCUT2D eigenvalue weighted by atomic mass is 9.97. The average molecular weight is 412 g/mol. The number of amides is 1. The zero-order chi connectivity index (χ0) is 20.6. The number of nitrogens with zero attached hydrogens (tertiary/aromatic N) is 3. The first-order chi connectivity index (χ1) is 13.7. The van der Waals surface area contributed by atoms with Gasteiger partial charge in [0.1, 0.15) is 23.9 Å². The van der Waals surface area contributed by atoms with Gasteiger partial charge in [-0.1, -0.05) is 6.07 Å². The van der Waals surface area contributed by atoms with E-state index in [0.29, 0.717) is 26.2 Å². The summed E-state index contributed by atoms with van der Waals surface area (Å²) >= 11 is 0. The number of ether oxygens (including phenoxy) is 2. The summed E-state index contributed by atoms with van der Waals surface area (Å²) < 4.78 is 50.5. The molecule has 2 fully saturated rings. The lowest BCUT2D eigenvalue weighted by Gasteiger charge is -2.39. The molecule has 0 bridgehead atoms. The molecule has 0 saturated carbocycles. The van der Waals surface area contributed by atoms with E-state index < -0.39 is 30.3 Å². The smallest absolute Gasteiger partial charge is 0.370 e. The van der Waals surface area contributed by atoms with E-state index in [2.05, 4.69) is 14.3 Å². The molecule has 0 aromatic carbocycles. The number of fused-ring (bicyclic) bond motifs is 1. The van der Waals surface area contributed by atoms with E-state index >= 15 is 0 Å². The summed E-state index contributed by atoms with van der Waals surface area (Å²) in [6.45, 7) is 3.17. The zero-order valence-corrected chi connectivity index (χ0v) is 16.0. The Balaban J connectivity index is 1.41. The zero-order valence-electron chi connectivity index (χ0n) is 16.0. The van der Waals surface area contributed by atoms with Crippen LogP contribution >= 0.6 is 0 Å². The van der Waals surface area contributed by atoms with Crippen molar-refractivity contribution in [3.63, 3.8) is 0 Å². The molecule has 7 nitrogen and oxygen atoms in total. The Morgan fingerprint density at radius 1 is 1.41 bits per heavy atom. The molecule has 10 heteroatoms. The number of alkyl halides is 3. The minimum atomic E-state index is -4.45. The minimum absolute atomic E-state index is 0.180. The lowest BCUT2D eigenvalue weighted by Crippen LogP contribution is -2.52. The molecule has 2 aromatic rings. The lowest BCUT2D eigenvalue weighted by molar-refractivity contribution is -0.143. The Morgan fingerprint density at radius 3 is 3.03 bits per heavy atom. The SMILES string of the molecule is Cc1nc2ccccn2c1CN1CCO[C@@]2(CO[C@@H](C(=O)NCC(F)(F)F)C2)C1. The molecule has 4 rings (SSSR count). The Morgan fingerprint density at radius 2 is 2.24 bits per heavy atom. The maximum Gasteiger partial charge on any atom is 0.405 e. The Hall–Kier alpha value is -2.17. The first-order valence-corrected chi connectivity index (χ1v) is 9.50. The molecule has 0 radical (unpaired) electrons. The van der Waals surface area contributed by atoms with Crippen molar-refractivity contribution >= 4 is 11.6 Å². The molecule has 2 saturated heterocycles. The van der Waals surface area contributed by atoms with Gasteiger partial charge in [0.2, 0.25) is 5.91 Å². The topological polar surface area (TPSA) is 68.1 Å². The third-order valence-electron chi connectivity index (χ3n) is 5.39. The molecule has 2 aliphatic heterocycles. The predicted octanol–water partition coefficient (Wildman–Crippen LogP) is 1.68. The van der Waals surface area contributed by atoms with Crippen molar-refractivity contribution in [2.75, 3.05) is 32.8 Å². The van der Waals surface area contributed by atoms with Crippen LogP contribution in [0.15, 0.2) is 24.4 Å². The van der Waals surface area contributed by atoms with Gasteiger partial charge in [0.25, 0.3) is 0 Å². The first kappa shape index (κ1) is 20.1. The maximum absolute atomic E-state index is 12.3. The summed E-state index contributed by atoms with van der Waals surface area (Å²) in [5.74, 6) is -0.752. The molecule has 158 valence electrons. The molecule has 2 atom stereocenters. The van der Waals surface area contributed by atoms with Gasteiger partial charge in [-0.25, -0.2) is 4.98 Å². The number of aryl methyl sites for hydroxylation is 1. The highest BCUT2D eigenvalue weighted by Crippen LogP contribution is 2.32. The highest BCUT2D eigenvalue weighted by Gasteiger charge is 2.47. The van der Waals surface area contributed by atoms with Crippen molar-refractivity contribution in [1.82, 2.24) is 19.6 Å². The highest BCUT2D eigenvalue weighted by atomic mass is 19.4. The fourth-order valence-electron chi connectivity index (χ4n) is 4.01. The number of carbonyl (C=O) groups is 1. The third-order valence-corrected chi connectivity index (χ3v) is 5.39. The normalized spacial score (nSPS) is 25.7. The number of nitrogens with one attached hydrogen (secondary N) is 1. The van der Waals surface area contributed by atoms with Crippen LogP contribution in [0.5, 0.6) is 0 Å². The Labute approximate surface area is 165 Å². The van der Waals surface area contributed by atoms with Crippen LogP contribution in [-0.2, 0) is 20.8 Å². The number of imidazole rings is 1. The summed E-state index contributed by atoms with van der Waals surface area (Å²) in [5, 5.41) is 1.89. The third kappa shape index (κ3) is 4.39. The molecule has 0 unspecified atom stereocenters. The number of hydrogen-bond donors (Lipinski definition) is 1. The van der Waals surface area contributed by atoms with E-state index in [1.54, 1.807) is 0 Å². The van der Waals surface area contributed by atoms with Crippen LogP contribution in [0.1, 0.15) is 17.8 Å². The number of aromatic nitrogens is 2. The fourth-order valence-corrected chi connectivity index (χ4v) is 4.01. The number of morpholine rings is 1. The summed E-state index contributed by atoms with van der Waals surface area (Å²) in [7, 11) is 0. The fraction of sp³-hybridized carbons (Fsp3) is 0.579. The molecular formula is C19H23F3N4O3. The standard InChI is InChI=1S/C19H23F3N4O3/c1-13-14(26-5-3-2-4-16(26)24-13)9-25-6-7-29-18(11-25)8-15(28-12-18)17(27)23-10-19(20,21)22/h2-5,15H,6-12H2,1H3,(H,23,27)/t15-,18-/m1/s1. The minimum Gasteiger partial charge on any atom is -0.370 e. The molecule has 29 heavy (non-hydrogen) atoms. The molecule has 1 amide bonds. The van der Waals surface area contributed by atoms with Crippen molar-refractivity contribution in [3.05, 3.63) is 35.8 Å². The molecule has 4 heterocycles. The summed E-state index contributed by atoms with van der Waals surface area (Å²) in [4.78, 5) is 18.8. The van der Waals surface area contributed by atoms with Crippen molar-refractivity contribution in [2.45, 2.75) is 37.8 Å². The van der Waals surface area contributed by atoms with E-state index in [-0.39, 0.29) is 13.0 Å². The van der Waals surface area contributed by atoms with Crippen molar-refractivity contribution in [1.29, 1.82) is 0 Å². The number of hydrogen-bond acceptors (Lipinski definition) is 5. The average Bonchev–Trinajstić information content (AvgIpc) is 3.21. The van der Waals surface area contributed by atoms with Crippen LogP contribution in [0.2, 0.25) is 0 Å². The van der Waals surface area contributed by atoms with Crippen LogP contribution in [-0.4, -0.2) is 70.9 Å². The van der Waals surface area contributed by atoms with Crippen molar-refractivity contribution in [2.24, 2.45) is 0 Å². The van der Waals surface area contributed by atoms with E-state index in [4.69, 9.17) is 9.47 Å². The van der Waals surface area contributed by atoms with E-state index in [1.807, 2.05) is 36.6 Å². The van der Waals surface area contributed by atoms with Crippen LogP contribution in [0, 0.1) is 6.92 Å². The second-order valence-electron chi connectivity index (χ2n) is 7.65. The largest absolute Gasteiger partial charge is 0.405 e. The van der Waals surface area contributed by atoms with Gasteiger partial charge in [-0.2, -0.15) is 13.2 Å². The summed E-state index contributed by atoms with van der Waals surface area (Å²) in [6, 6.07) is 5.84. The Kier molecular flexibility index (Phi) is 5.26. The number of rotatable bonds is 4. The molecule has 2 aromatic heterocycles. The molecule has 0 aliphatic carbocycles. The number of carbonyl (C=O) groups excluding carboxylic acids is 1. The Bertz CT molecular complexity index is 900. The second-order valence-corrected chi connectivity index (χ2v) is 7.65. The monoisotopic (exact) mass is 412 g/mol. The van der Waals surface area contributed by atoms with Crippen molar-refractivity contribution in [3.8, 4) is 0 Å². The van der Waals surface area contributed by atoms with E-state index in [1.165, 1.54) is 0 Å². The van der Waals surface area contributed by atoms with Gasteiger partial charge in [-0.05, 0) is 19.1 Å². The quantitative estimate of drug-likeness (QED) is 0.828.